The van der Waals surface area contributed by atoms with Gasteiger partial charge in [-0.3, -0.25) is 0 Å². The van der Waals surface area contributed by atoms with Crippen molar-refractivity contribution in [1.82, 2.24) is 19.5 Å². The summed E-state index contributed by atoms with van der Waals surface area (Å²) in [5, 5.41) is 0.169. The van der Waals surface area contributed by atoms with Crippen LogP contribution in [0.3, 0.4) is 0 Å². The fourth-order valence-corrected chi connectivity index (χ4v) is 3.71. The van der Waals surface area contributed by atoms with E-state index >= 15 is 0 Å². The Hall–Kier alpha value is -2.61. The number of hydrogen-bond donors (Lipinski definition) is 0. The fourth-order valence-electron chi connectivity index (χ4n) is 3.53. The molecule has 1 aromatic carbocycles. The number of imidazole rings is 1. The average molecular weight is 437 g/mol. The number of nitrogens with zero attached hydrogens (tertiary/aromatic N) is 4. The second kappa shape index (κ2) is 7.91. The molecule has 0 fully saturated rings. The van der Waals surface area contributed by atoms with Gasteiger partial charge in [0.05, 0.1) is 5.69 Å². The third-order valence-electron chi connectivity index (χ3n) is 5.03. The Morgan fingerprint density at radius 2 is 1.83 bits per heavy atom. The summed E-state index contributed by atoms with van der Waals surface area (Å²) in [6.45, 7) is 3.91. The molecule has 0 bridgehead atoms. The Morgan fingerprint density at radius 3 is 2.50 bits per heavy atom. The van der Waals surface area contributed by atoms with Gasteiger partial charge in [0.15, 0.2) is 5.69 Å². The number of alkyl halides is 3. The van der Waals surface area contributed by atoms with Crippen LogP contribution in [0, 0.1) is 0 Å². The first-order valence-corrected chi connectivity index (χ1v) is 10.0. The van der Waals surface area contributed by atoms with E-state index in [1.807, 2.05) is 26.0 Å². The molecular formula is C21H20ClF3N4O. The molecule has 158 valence electrons. The Balaban J connectivity index is 1.54. The topological polar surface area (TPSA) is 52.8 Å². The third kappa shape index (κ3) is 4.14. The van der Waals surface area contributed by atoms with E-state index in [2.05, 4.69) is 15.0 Å². The van der Waals surface area contributed by atoms with Gasteiger partial charge >= 0.3 is 6.18 Å². The lowest BCUT2D eigenvalue weighted by Crippen LogP contribution is -2.05. The van der Waals surface area contributed by atoms with Crippen molar-refractivity contribution in [1.29, 1.82) is 0 Å². The Kier molecular flexibility index (Phi) is 5.44. The Bertz CT molecular complexity index is 1060. The number of benzene rings is 1. The first-order valence-electron chi connectivity index (χ1n) is 9.66. The van der Waals surface area contributed by atoms with Gasteiger partial charge in [0.25, 0.3) is 0 Å². The molecule has 5 nitrogen and oxygen atoms in total. The predicted molar refractivity (Wildman–Crippen MR) is 106 cm³/mol. The highest BCUT2D eigenvalue weighted by atomic mass is 35.5. The molecule has 1 aliphatic rings. The van der Waals surface area contributed by atoms with E-state index in [9.17, 15) is 13.2 Å². The van der Waals surface area contributed by atoms with Crippen molar-refractivity contribution in [3.8, 4) is 17.3 Å². The number of aryl methyl sites for hydroxylation is 1. The molecule has 0 saturated heterocycles. The highest BCUT2D eigenvalue weighted by Crippen LogP contribution is 2.33. The summed E-state index contributed by atoms with van der Waals surface area (Å²) in [4.78, 5) is 12.3. The number of ether oxygens (including phenoxy) is 1. The van der Waals surface area contributed by atoms with E-state index in [-0.39, 0.29) is 23.8 Å². The summed E-state index contributed by atoms with van der Waals surface area (Å²) in [7, 11) is 0. The van der Waals surface area contributed by atoms with Gasteiger partial charge in [-0.2, -0.15) is 18.2 Å². The summed E-state index contributed by atoms with van der Waals surface area (Å²) in [5.74, 6) is 0.780. The molecule has 1 aliphatic carbocycles. The van der Waals surface area contributed by atoms with E-state index in [0.717, 1.165) is 42.3 Å². The number of fused-ring (bicyclic) bond motifs is 1. The highest BCUT2D eigenvalue weighted by Gasteiger charge is 2.35. The van der Waals surface area contributed by atoms with Crippen LogP contribution in [0.1, 0.15) is 48.8 Å². The smallest absolute Gasteiger partial charge is 0.434 e. The first-order chi connectivity index (χ1) is 14.2. The van der Waals surface area contributed by atoms with Gasteiger partial charge in [-0.05, 0) is 50.3 Å². The van der Waals surface area contributed by atoms with Gasteiger partial charge in [-0.15, -0.1) is 0 Å². The number of rotatable bonds is 5. The zero-order valence-corrected chi connectivity index (χ0v) is 17.3. The van der Waals surface area contributed by atoms with Crippen molar-refractivity contribution < 1.29 is 17.9 Å². The maximum atomic E-state index is 13.1. The number of aromatic nitrogens is 4. The third-order valence-corrected chi connectivity index (χ3v) is 5.20. The zero-order chi connectivity index (χ0) is 21.5. The minimum Gasteiger partial charge on any atom is -0.472 e. The van der Waals surface area contributed by atoms with Gasteiger partial charge < -0.3 is 9.30 Å². The minimum atomic E-state index is -4.48. The van der Waals surface area contributed by atoms with Crippen molar-refractivity contribution in [2.45, 2.75) is 51.9 Å². The summed E-state index contributed by atoms with van der Waals surface area (Å²) >= 11 is 5.98. The number of hydrogen-bond acceptors (Lipinski definition) is 4. The molecule has 0 atom stereocenters. The number of halogens is 4. The van der Waals surface area contributed by atoms with Crippen LogP contribution in [0.4, 0.5) is 13.2 Å². The second-order valence-electron chi connectivity index (χ2n) is 7.51. The second-order valence-corrected chi connectivity index (χ2v) is 7.85. The Morgan fingerprint density at radius 1 is 1.10 bits per heavy atom. The van der Waals surface area contributed by atoms with Crippen LogP contribution in [0.25, 0.3) is 11.4 Å². The van der Waals surface area contributed by atoms with Crippen LogP contribution >= 0.6 is 11.6 Å². The lowest BCUT2D eigenvalue weighted by atomic mass is 10.1. The lowest BCUT2D eigenvalue weighted by Gasteiger charge is -2.12. The van der Waals surface area contributed by atoms with E-state index in [0.29, 0.717) is 11.4 Å². The largest absolute Gasteiger partial charge is 0.472 e. The minimum absolute atomic E-state index is 0.156. The van der Waals surface area contributed by atoms with Crippen LogP contribution in [0.2, 0.25) is 5.28 Å². The van der Waals surface area contributed by atoms with Crippen LogP contribution in [0.5, 0.6) is 5.88 Å². The molecule has 0 N–H and O–H groups in total. The van der Waals surface area contributed by atoms with E-state index in [1.165, 1.54) is 4.57 Å². The van der Waals surface area contributed by atoms with Crippen molar-refractivity contribution in [2.24, 2.45) is 0 Å². The van der Waals surface area contributed by atoms with Crippen molar-refractivity contribution >= 4 is 11.6 Å². The molecule has 9 heteroatoms. The Labute approximate surface area is 176 Å². The molecule has 4 rings (SSSR count). The normalized spacial score (nSPS) is 13.7. The quantitative estimate of drug-likeness (QED) is 0.484. The molecule has 0 radical (unpaired) electrons. The monoisotopic (exact) mass is 436 g/mol. The van der Waals surface area contributed by atoms with Crippen molar-refractivity contribution in [2.75, 3.05) is 0 Å². The zero-order valence-electron chi connectivity index (χ0n) is 16.5. The van der Waals surface area contributed by atoms with Crippen LogP contribution in [-0.4, -0.2) is 19.5 Å². The van der Waals surface area contributed by atoms with Gasteiger partial charge in [0.1, 0.15) is 12.4 Å². The lowest BCUT2D eigenvalue weighted by molar-refractivity contribution is -0.140. The molecular weight excluding hydrogens is 417 g/mol. The molecule has 30 heavy (non-hydrogen) atoms. The van der Waals surface area contributed by atoms with Gasteiger partial charge in [-0.1, -0.05) is 24.3 Å². The van der Waals surface area contributed by atoms with Crippen LogP contribution in [0.15, 0.2) is 30.5 Å². The fraction of sp³-hybridized carbons (Fsp3) is 0.381. The maximum Gasteiger partial charge on any atom is 0.434 e. The summed E-state index contributed by atoms with van der Waals surface area (Å²) in [5.41, 5.74) is 2.50. The van der Waals surface area contributed by atoms with Crippen LogP contribution < -0.4 is 4.74 Å². The molecule has 0 amide bonds. The van der Waals surface area contributed by atoms with Gasteiger partial charge in [-0.25, -0.2) is 9.97 Å². The van der Waals surface area contributed by atoms with Crippen molar-refractivity contribution in [3.05, 3.63) is 58.3 Å². The predicted octanol–water partition coefficient (Wildman–Crippen LogP) is 5.66. The highest BCUT2D eigenvalue weighted by molar-refractivity contribution is 6.28. The van der Waals surface area contributed by atoms with Crippen molar-refractivity contribution in [3.63, 3.8) is 0 Å². The standard InChI is InChI=1S/C21H20ClF3N4O/c1-12(2)29-10-17(21(23,24)25)27-18(29)14-8-6-13(7-9-14)11-30-19-15-4-3-5-16(15)26-20(22)28-19/h6-10,12H,3-5,11H2,1-2H3. The van der Waals surface area contributed by atoms with Crippen LogP contribution in [-0.2, 0) is 25.6 Å². The van der Waals surface area contributed by atoms with E-state index in [1.54, 1.807) is 12.1 Å². The molecule has 2 aromatic heterocycles. The summed E-state index contributed by atoms with van der Waals surface area (Å²) < 4.78 is 46.7. The molecule has 0 unspecified atom stereocenters. The molecule has 0 saturated carbocycles. The summed E-state index contributed by atoms with van der Waals surface area (Å²) in [6, 6.07) is 6.96. The van der Waals surface area contributed by atoms with Gasteiger partial charge in [0.2, 0.25) is 11.2 Å². The molecule has 0 aliphatic heterocycles. The van der Waals surface area contributed by atoms with E-state index in [4.69, 9.17) is 16.3 Å². The average Bonchev–Trinajstić information content (AvgIpc) is 3.33. The maximum absolute atomic E-state index is 13.1. The van der Waals surface area contributed by atoms with E-state index < -0.39 is 11.9 Å². The SMILES string of the molecule is CC(C)n1cc(C(F)(F)F)nc1-c1ccc(COc2nc(Cl)nc3c2CCC3)cc1. The first kappa shape index (κ1) is 20.7. The van der Waals surface area contributed by atoms with Gasteiger partial charge in [0, 0.05) is 23.4 Å². The molecule has 0 spiro atoms. The molecule has 2 heterocycles. The summed E-state index contributed by atoms with van der Waals surface area (Å²) in [6.07, 6.45) is -0.707. The molecule has 3 aromatic rings.